The van der Waals surface area contributed by atoms with E-state index in [1.54, 1.807) is 0 Å². The third-order valence-corrected chi connectivity index (χ3v) is 0.127. The first-order chi connectivity index (χ1) is 1.91. The van der Waals surface area contributed by atoms with Gasteiger partial charge in [0.1, 0.15) is 5.81 Å². The third-order valence-electron chi connectivity index (χ3n) is 0.0423. The van der Waals surface area contributed by atoms with E-state index >= 15 is 0 Å². The van der Waals surface area contributed by atoms with Crippen molar-refractivity contribution in [2.45, 2.75) is 0 Å². The Morgan fingerprint density at radius 1 is 2.00 bits per heavy atom. The second-order valence-corrected chi connectivity index (χ2v) is 0.619. The zero-order valence-corrected chi connectivity index (χ0v) is 2.83. The van der Waals surface area contributed by atoms with Gasteiger partial charge in [-0.05, 0) is 0 Å². The van der Waals surface area contributed by atoms with Crippen LogP contribution in [-0.2, 0) is 0 Å². The molecule has 3 heteroatoms. The summed E-state index contributed by atoms with van der Waals surface area (Å²) in [6.45, 7) is 0. The number of nitrogens with zero attached hydrogens (tertiary/aromatic N) is 1. The molecule has 1 atom stereocenters. The number of halogens is 1. The Morgan fingerprint density at radius 2 is 2.25 bits per heavy atom. The van der Waals surface area contributed by atoms with Crippen LogP contribution in [0.1, 0.15) is 0 Å². The van der Waals surface area contributed by atoms with E-state index in [-0.39, 0.29) is 0 Å². The van der Waals surface area contributed by atoms with Crippen molar-refractivity contribution in [2.24, 2.45) is 0 Å². The lowest BCUT2D eigenvalue weighted by Gasteiger charge is -1.43. The van der Waals surface area contributed by atoms with Crippen LogP contribution in [0.25, 0.3) is 0 Å². The van der Waals surface area contributed by atoms with Crippen molar-refractivity contribution >= 4 is 8.89 Å². The maximum Gasteiger partial charge on any atom is 0.174 e. The molecule has 0 aromatic heterocycles. The molecule has 1 unspecified atom stereocenters. The molecule has 0 aliphatic rings. The van der Waals surface area contributed by atoms with E-state index < -0.39 is 8.89 Å². The summed E-state index contributed by atoms with van der Waals surface area (Å²) in [5.41, 5.74) is 0. The standard InChI is InChI=1S/CHFNP/c2-4-1-3/h4H. The molecule has 0 saturated heterocycles. The fourth-order valence-electron chi connectivity index (χ4n) is 0. The van der Waals surface area contributed by atoms with Crippen LogP contribution in [0.5, 0.6) is 0 Å². The zero-order valence-electron chi connectivity index (χ0n) is 1.83. The van der Waals surface area contributed by atoms with Crippen LogP contribution in [0.3, 0.4) is 0 Å². The van der Waals surface area contributed by atoms with Gasteiger partial charge in [0.05, 0.1) is 0 Å². The van der Waals surface area contributed by atoms with Crippen LogP contribution in [0.2, 0.25) is 0 Å². The SMILES string of the molecule is N#CPF. The first-order valence-electron chi connectivity index (χ1n) is 0.663. The molecule has 0 aliphatic heterocycles. The number of hydrogen-bond donors (Lipinski definition) is 0. The Hall–Kier alpha value is -0.150. The van der Waals surface area contributed by atoms with Crippen molar-refractivity contribution in [2.75, 3.05) is 0 Å². The largest absolute Gasteiger partial charge is 0.214 e. The lowest BCUT2D eigenvalue weighted by molar-refractivity contribution is 0.929. The molecule has 0 aromatic carbocycles. The molecular formula is CHFNP. The lowest BCUT2D eigenvalue weighted by Crippen LogP contribution is -1.08. The van der Waals surface area contributed by atoms with Crippen molar-refractivity contribution in [1.29, 1.82) is 5.26 Å². The summed E-state index contributed by atoms with van der Waals surface area (Å²) in [4.78, 5) is 0. The smallest absolute Gasteiger partial charge is 0.174 e. The predicted octanol–water partition coefficient (Wildman–Crippen LogP) is 1.03. The molecule has 0 N–H and O–H groups in total. The van der Waals surface area contributed by atoms with E-state index in [0.717, 1.165) is 0 Å². The van der Waals surface area contributed by atoms with E-state index in [1.807, 2.05) is 0 Å². The van der Waals surface area contributed by atoms with Crippen LogP contribution >= 0.6 is 8.89 Å². The Morgan fingerprint density at radius 3 is 2.25 bits per heavy atom. The summed E-state index contributed by atoms with van der Waals surface area (Å²) < 4.78 is 10.4. The Labute approximate surface area is 25.3 Å². The molecule has 0 bridgehead atoms. The van der Waals surface area contributed by atoms with Gasteiger partial charge in [0.15, 0.2) is 8.89 Å². The molecule has 0 heterocycles. The highest BCUT2D eigenvalue weighted by atomic mass is 31.1. The molecule has 1 nitrogen and oxygen atoms in total. The first kappa shape index (κ1) is 3.85. The summed E-state index contributed by atoms with van der Waals surface area (Å²) in [5.74, 6) is 1.29. The van der Waals surface area contributed by atoms with Crippen molar-refractivity contribution in [3.63, 3.8) is 0 Å². The minimum Gasteiger partial charge on any atom is -0.214 e. The summed E-state index contributed by atoms with van der Waals surface area (Å²) >= 11 is 0. The van der Waals surface area contributed by atoms with Crippen LogP contribution in [0.4, 0.5) is 4.20 Å². The monoisotopic (exact) mass is 77.0 g/mol. The average molecular weight is 77.0 g/mol. The molecule has 22 valence electrons. The number of nitriles is 1. The predicted molar refractivity (Wildman–Crippen MR) is 15.0 cm³/mol. The lowest BCUT2D eigenvalue weighted by atomic mass is 11.8. The normalized spacial score (nSPS) is 8.00. The van der Waals surface area contributed by atoms with E-state index in [2.05, 4.69) is 0 Å². The number of rotatable bonds is 0. The van der Waals surface area contributed by atoms with Crippen LogP contribution in [0, 0.1) is 11.1 Å². The second kappa shape index (κ2) is 2.85. The molecule has 0 aromatic rings. The minimum atomic E-state index is -1.05. The molecular weight excluding hydrogens is 76.0 g/mol. The Balaban J connectivity index is 2.43. The molecule has 0 fully saturated rings. The van der Waals surface area contributed by atoms with Gasteiger partial charge in [0.2, 0.25) is 0 Å². The first-order valence-corrected chi connectivity index (χ1v) is 1.54. The Kier molecular flexibility index (Phi) is 2.74. The highest BCUT2D eigenvalue weighted by molar-refractivity contribution is 7.37. The zero-order chi connectivity index (χ0) is 3.41. The third kappa shape index (κ3) is 1.85. The summed E-state index contributed by atoms with van der Waals surface area (Å²) in [6, 6.07) is 0. The van der Waals surface area contributed by atoms with Crippen LogP contribution in [-0.4, -0.2) is 0 Å². The van der Waals surface area contributed by atoms with Gasteiger partial charge in [-0.2, -0.15) is 5.26 Å². The van der Waals surface area contributed by atoms with Crippen LogP contribution < -0.4 is 0 Å². The fraction of sp³-hybridized carbons (Fsp3) is 0. The molecule has 0 saturated carbocycles. The molecule has 0 amide bonds. The Bertz CT molecular complexity index is 37.8. The average Bonchev–Trinajstić information content (AvgIpc) is 1.37. The van der Waals surface area contributed by atoms with Gasteiger partial charge >= 0.3 is 0 Å². The second-order valence-electron chi connectivity index (χ2n) is 0.206. The highest BCUT2D eigenvalue weighted by Crippen LogP contribution is 2.02. The minimum absolute atomic E-state index is 1.05. The van der Waals surface area contributed by atoms with Crippen molar-refractivity contribution in [1.82, 2.24) is 0 Å². The maximum absolute atomic E-state index is 10.4. The van der Waals surface area contributed by atoms with E-state index in [0.29, 0.717) is 0 Å². The van der Waals surface area contributed by atoms with E-state index in [1.165, 1.54) is 5.81 Å². The van der Waals surface area contributed by atoms with Crippen molar-refractivity contribution in [3.05, 3.63) is 0 Å². The topological polar surface area (TPSA) is 23.8 Å². The van der Waals surface area contributed by atoms with Gasteiger partial charge in [-0.25, -0.2) is 4.20 Å². The van der Waals surface area contributed by atoms with Crippen molar-refractivity contribution in [3.8, 4) is 5.81 Å². The van der Waals surface area contributed by atoms with Gasteiger partial charge in [0.25, 0.3) is 0 Å². The van der Waals surface area contributed by atoms with Crippen LogP contribution in [0.15, 0.2) is 0 Å². The molecule has 0 rings (SSSR count). The quantitative estimate of drug-likeness (QED) is 0.396. The van der Waals surface area contributed by atoms with Gasteiger partial charge in [-0.1, -0.05) is 0 Å². The number of hydrogen-bond acceptors (Lipinski definition) is 1. The molecule has 0 radical (unpaired) electrons. The summed E-state index contributed by atoms with van der Waals surface area (Å²) in [6.07, 6.45) is 0. The molecule has 0 aliphatic carbocycles. The summed E-state index contributed by atoms with van der Waals surface area (Å²) in [7, 11) is -1.05. The van der Waals surface area contributed by atoms with E-state index in [4.69, 9.17) is 5.26 Å². The fourth-order valence-corrected chi connectivity index (χ4v) is 0. The highest BCUT2D eigenvalue weighted by Gasteiger charge is 1.55. The van der Waals surface area contributed by atoms with Gasteiger partial charge in [0, 0.05) is 0 Å². The van der Waals surface area contributed by atoms with Gasteiger partial charge in [-0.3, -0.25) is 0 Å². The van der Waals surface area contributed by atoms with E-state index in [9.17, 15) is 4.20 Å². The van der Waals surface area contributed by atoms with Gasteiger partial charge < -0.3 is 0 Å². The molecule has 4 heavy (non-hydrogen) atoms. The maximum atomic E-state index is 10.4. The molecule has 0 spiro atoms. The van der Waals surface area contributed by atoms with Crippen molar-refractivity contribution < 1.29 is 4.20 Å². The van der Waals surface area contributed by atoms with Gasteiger partial charge in [-0.15, -0.1) is 0 Å². The summed E-state index contributed by atoms with van der Waals surface area (Å²) in [5, 5.41) is 7.26.